The number of rotatable bonds is 0. The van der Waals surface area contributed by atoms with E-state index in [1.807, 2.05) is 30.3 Å². The molecule has 0 radical (unpaired) electrons. The van der Waals surface area contributed by atoms with Gasteiger partial charge >= 0.3 is 0 Å². The molecule has 0 aromatic heterocycles. The fourth-order valence-electron chi connectivity index (χ4n) is 3.04. The Bertz CT molecular complexity index is 1080. The van der Waals surface area contributed by atoms with Crippen LogP contribution in [0.3, 0.4) is 0 Å². The van der Waals surface area contributed by atoms with E-state index in [9.17, 15) is 4.39 Å². The highest BCUT2D eigenvalue weighted by molar-refractivity contribution is 14.1. The van der Waals surface area contributed by atoms with Crippen molar-refractivity contribution in [2.75, 3.05) is 0 Å². The third kappa shape index (κ3) is 2.06. The normalized spacial score (nSPS) is 11.6. The van der Waals surface area contributed by atoms with E-state index in [1.54, 1.807) is 6.07 Å². The van der Waals surface area contributed by atoms with E-state index in [2.05, 4.69) is 44.6 Å². The van der Waals surface area contributed by atoms with Gasteiger partial charge in [0.2, 0.25) is 0 Å². The highest BCUT2D eigenvalue weighted by atomic mass is 127. The first-order chi connectivity index (χ1) is 10.6. The summed E-state index contributed by atoms with van der Waals surface area (Å²) in [6.45, 7) is 0. The molecule has 0 aliphatic heterocycles. The predicted octanol–water partition coefficient (Wildman–Crippen LogP) is 7.31. The van der Waals surface area contributed by atoms with Gasteiger partial charge in [-0.05, 0) is 63.0 Å². The molecule has 4 aromatic rings. The van der Waals surface area contributed by atoms with E-state index in [4.69, 9.17) is 11.6 Å². The highest BCUT2D eigenvalue weighted by Gasteiger charge is 2.16. The molecule has 0 unspecified atom stereocenters. The van der Waals surface area contributed by atoms with Crippen molar-refractivity contribution in [2.45, 2.75) is 0 Å². The van der Waals surface area contributed by atoms with Gasteiger partial charge in [0.15, 0.2) is 0 Å². The van der Waals surface area contributed by atoms with Gasteiger partial charge in [-0.1, -0.05) is 51.8 Å². The van der Waals surface area contributed by atoms with E-state index in [1.165, 1.54) is 6.07 Å². The monoisotopic (exact) mass is 484 g/mol. The molecule has 0 aliphatic carbocycles. The third-order valence-electron chi connectivity index (χ3n) is 3.90. The molecule has 0 aliphatic rings. The van der Waals surface area contributed by atoms with Gasteiger partial charge < -0.3 is 0 Å². The van der Waals surface area contributed by atoms with Gasteiger partial charge in [0.25, 0.3) is 0 Å². The maximum Gasteiger partial charge on any atom is 0.131 e. The molecule has 0 bridgehead atoms. The third-order valence-corrected chi connectivity index (χ3v) is 5.46. The van der Waals surface area contributed by atoms with Crippen molar-refractivity contribution < 1.29 is 4.39 Å². The van der Waals surface area contributed by atoms with E-state index < -0.39 is 0 Å². The first-order valence-electron chi connectivity index (χ1n) is 6.65. The Kier molecular flexibility index (Phi) is 3.55. The predicted molar refractivity (Wildman–Crippen MR) is 104 cm³/mol. The standard InChI is InChI=1S/C18H8BrClFI/c19-13-8-9(22)7-12-10-3-1-2-4-11(10)17-15(21)6-5-14(20)18(17)16(12)13/h1-8H. The molecule has 4 rings (SSSR count). The molecule has 4 aromatic carbocycles. The summed E-state index contributed by atoms with van der Waals surface area (Å²) in [6, 6.07) is 15.1. The Morgan fingerprint density at radius 3 is 2.36 bits per heavy atom. The number of hydrogen-bond acceptors (Lipinski definition) is 0. The molecule has 0 saturated heterocycles. The first kappa shape index (κ1) is 14.7. The zero-order valence-electron chi connectivity index (χ0n) is 11.1. The second-order valence-corrected chi connectivity index (χ2v) is 7.64. The molecule has 0 N–H and O–H groups in total. The molecular formula is C18H8BrClFI. The Balaban J connectivity index is 2.50. The Hall–Kier alpha value is -0.910. The Morgan fingerprint density at radius 2 is 1.59 bits per heavy atom. The quantitative estimate of drug-likeness (QED) is 0.181. The lowest BCUT2D eigenvalue weighted by Gasteiger charge is -2.14. The summed E-state index contributed by atoms with van der Waals surface area (Å²) in [6.07, 6.45) is 0. The van der Waals surface area contributed by atoms with Crippen molar-refractivity contribution in [1.29, 1.82) is 0 Å². The average molecular weight is 486 g/mol. The van der Waals surface area contributed by atoms with Gasteiger partial charge in [0.05, 0.1) is 0 Å². The molecule has 0 nitrogen and oxygen atoms in total. The van der Waals surface area contributed by atoms with Gasteiger partial charge in [-0.2, -0.15) is 0 Å². The molecule has 22 heavy (non-hydrogen) atoms. The van der Waals surface area contributed by atoms with Gasteiger partial charge in [0.1, 0.15) is 5.82 Å². The fourth-order valence-corrected chi connectivity index (χ4v) is 5.00. The van der Waals surface area contributed by atoms with Crippen LogP contribution in [0, 0.1) is 9.39 Å². The number of hydrogen-bond donors (Lipinski definition) is 0. The average Bonchev–Trinajstić information content (AvgIpc) is 2.50. The molecule has 108 valence electrons. The minimum Gasteiger partial charge on any atom is -0.206 e. The van der Waals surface area contributed by atoms with Crippen molar-refractivity contribution in [3.05, 3.63) is 67.4 Å². The Morgan fingerprint density at radius 1 is 0.864 bits per heavy atom. The zero-order valence-corrected chi connectivity index (χ0v) is 15.6. The maximum absolute atomic E-state index is 14.6. The smallest absolute Gasteiger partial charge is 0.131 e. The van der Waals surface area contributed by atoms with Crippen LogP contribution in [0.15, 0.2) is 53.0 Å². The van der Waals surface area contributed by atoms with Crippen molar-refractivity contribution in [1.82, 2.24) is 0 Å². The summed E-state index contributed by atoms with van der Waals surface area (Å²) in [4.78, 5) is 0. The first-order valence-corrected chi connectivity index (χ1v) is 8.90. The lowest BCUT2D eigenvalue weighted by molar-refractivity contribution is 0.641. The van der Waals surface area contributed by atoms with Crippen LogP contribution < -0.4 is 0 Å². The fraction of sp³-hybridized carbons (Fsp3) is 0. The van der Waals surface area contributed by atoms with E-state index in [0.29, 0.717) is 10.4 Å². The molecule has 0 heterocycles. The summed E-state index contributed by atoms with van der Waals surface area (Å²) in [5.41, 5.74) is 0. The minimum atomic E-state index is -0.247. The van der Waals surface area contributed by atoms with Crippen LogP contribution in [-0.2, 0) is 0 Å². The molecule has 0 spiro atoms. The van der Waals surface area contributed by atoms with Crippen LogP contribution >= 0.6 is 50.1 Å². The molecule has 4 heteroatoms. The van der Waals surface area contributed by atoms with Crippen molar-refractivity contribution in [3.8, 4) is 0 Å². The summed E-state index contributed by atoms with van der Waals surface area (Å²) < 4.78 is 16.6. The largest absolute Gasteiger partial charge is 0.206 e. The lowest BCUT2D eigenvalue weighted by atomic mass is 9.94. The number of fused-ring (bicyclic) bond motifs is 6. The van der Waals surface area contributed by atoms with Crippen LogP contribution in [0.1, 0.15) is 0 Å². The summed E-state index contributed by atoms with van der Waals surface area (Å²) >= 11 is 12.3. The molecule has 0 atom stereocenters. The van der Waals surface area contributed by atoms with Gasteiger partial charge in [0, 0.05) is 29.2 Å². The SMILES string of the molecule is Fc1ccc(Cl)c2c1c1ccccc1c1cc(I)cc(Br)c12. The zero-order chi connectivity index (χ0) is 15.4. The molecular weight excluding hydrogens is 477 g/mol. The van der Waals surface area contributed by atoms with Crippen molar-refractivity contribution in [2.24, 2.45) is 0 Å². The number of benzene rings is 4. The molecule has 0 saturated carbocycles. The highest BCUT2D eigenvalue weighted by Crippen LogP contribution is 2.43. The molecule has 0 fully saturated rings. The second kappa shape index (κ2) is 5.32. The van der Waals surface area contributed by atoms with E-state index in [0.717, 1.165) is 35.0 Å². The van der Waals surface area contributed by atoms with E-state index >= 15 is 0 Å². The maximum atomic E-state index is 14.6. The Labute approximate surface area is 153 Å². The van der Waals surface area contributed by atoms with Crippen LogP contribution in [0.5, 0.6) is 0 Å². The molecule has 0 amide bonds. The van der Waals surface area contributed by atoms with Crippen molar-refractivity contribution >= 4 is 82.4 Å². The van der Waals surface area contributed by atoms with Gasteiger partial charge in [-0.25, -0.2) is 4.39 Å². The van der Waals surface area contributed by atoms with Crippen LogP contribution in [-0.4, -0.2) is 0 Å². The van der Waals surface area contributed by atoms with Crippen LogP contribution in [0.25, 0.3) is 32.3 Å². The van der Waals surface area contributed by atoms with Crippen LogP contribution in [0.2, 0.25) is 5.02 Å². The second-order valence-electron chi connectivity index (χ2n) is 5.13. The topological polar surface area (TPSA) is 0 Å². The summed E-state index contributed by atoms with van der Waals surface area (Å²) in [5, 5.41) is 5.86. The van der Waals surface area contributed by atoms with Crippen molar-refractivity contribution in [3.63, 3.8) is 0 Å². The van der Waals surface area contributed by atoms with E-state index in [-0.39, 0.29) is 5.82 Å². The van der Waals surface area contributed by atoms with Gasteiger partial charge in [-0.15, -0.1) is 0 Å². The number of halogens is 4. The van der Waals surface area contributed by atoms with Crippen LogP contribution in [0.4, 0.5) is 4.39 Å². The lowest BCUT2D eigenvalue weighted by Crippen LogP contribution is -1.89. The summed E-state index contributed by atoms with van der Waals surface area (Å²) in [5.74, 6) is -0.247. The summed E-state index contributed by atoms with van der Waals surface area (Å²) in [7, 11) is 0. The van der Waals surface area contributed by atoms with Gasteiger partial charge in [-0.3, -0.25) is 0 Å². The minimum absolute atomic E-state index is 0.247.